The lowest BCUT2D eigenvalue weighted by atomic mass is 10.2. The molecule has 0 aliphatic rings. The number of hydrogen-bond donors (Lipinski definition) is 0. The number of benzene rings is 2. The molecule has 0 heterocycles. The van der Waals surface area contributed by atoms with Gasteiger partial charge in [0.15, 0.2) is 0 Å². The second-order valence-electron chi connectivity index (χ2n) is 6.94. The van der Waals surface area contributed by atoms with Crippen LogP contribution in [0.1, 0.15) is 41.5 Å². The van der Waals surface area contributed by atoms with E-state index in [0.29, 0.717) is 0 Å². The number of hydrogen-bond acceptors (Lipinski definition) is 4. The molecule has 0 aliphatic heterocycles. The summed E-state index contributed by atoms with van der Waals surface area (Å²) in [6, 6.07) is 17.6. The van der Waals surface area contributed by atoms with E-state index in [1.807, 2.05) is 27.7 Å². The summed E-state index contributed by atoms with van der Waals surface area (Å²) < 4.78 is 0. The third-order valence-electron chi connectivity index (χ3n) is 5.02. The van der Waals surface area contributed by atoms with Crippen LogP contribution in [0.3, 0.4) is 0 Å². The van der Waals surface area contributed by atoms with Gasteiger partial charge in [-0.3, -0.25) is 0 Å². The lowest BCUT2D eigenvalue weighted by Crippen LogP contribution is -2.33. The molecule has 2 aromatic rings. The maximum absolute atomic E-state index is 2.43. The van der Waals surface area contributed by atoms with Crippen LogP contribution in [0, 0.1) is 0 Å². The molecule has 0 spiro atoms. The molecule has 0 bridgehead atoms. The van der Waals surface area contributed by atoms with Gasteiger partial charge in [0.05, 0.1) is 0 Å². The van der Waals surface area contributed by atoms with E-state index < -0.39 is 0 Å². The Kier molecular flexibility index (Phi) is 14.3. The molecule has 0 aliphatic carbocycles. The first-order valence-electron chi connectivity index (χ1n) is 11.5. The van der Waals surface area contributed by atoms with Crippen LogP contribution in [0.15, 0.2) is 48.5 Å². The van der Waals surface area contributed by atoms with Crippen molar-refractivity contribution in [3.63, 3.8) is 0 Å². The highest BCUT2D eigenvalue weighted by molar-refractivity contribution is 5.57. The van der Waals surface area contributed by atoms with E-state index in [2.05, 4.69) is 110 Å². The van der Waals surface area contributed by atoms with E-state index >= 15 is 0 Å². The zero-order valence-electron chi connectivity index (χ0n) is 21.2. The monoisotopic (exact) mass is 414 g/mol. The molecule has 170 valence electrons. The molecule has 0 saturated carbocycles. The summed E-state index contributed by atoms with van der Waals surface area (Å²) in [6.45, 7) is 16.4. The van der Waals surface area contributed by atoms with Crippen molar-refractivity contribution in [1.29, 1.82) is 0 Å². The van der Waals surface area contributed by atoms with Crippen LogP contribution in [0.4, 0.5) is 22.7 Å². The Morgan fingerprint density at radius 3 is 1.30 bits per heavy atom. The molecule has 0 radical (unpaired) electrons. The molecule has 2 rings (SSSR count). The Morgan fingerprint density at radius 2 is 0.900 bits per heavy atom. The van der Waals surface area contributed by atoms with Crippen LogP contribution in [0.2, 0.25) is 0 Å². The molecule has 30 heavy (non-hydrogen) atoms. The smallest absolute Gasteiger partial charge is 0.0368 e. The van der Waals surface area contributed by atoms with Crippen molar-refractivity contribution >= 4 is 22.7 Å². The highest BCUT2D eigenvalue weighted by Gasteiger charge is 2.08. The van der Waals surface area contributed by atoms with Crippen LogP contribution in [0.25, 0.3) is 0 Å². The summed E-state index contributed by atoms with van der Waals surface area (Å²) in [4.78, 5) is 9.13. The Morgan fingerprint density at radius 1 is 0.500 bits per heavy atom. The fraction of sp³-hybridized carbons (Fsp3) is 0.538. The normalized spacial score (nSPS) is 9.53. The first-order chi connectivity index (χ1) is 14.5. The molecule has 0 atom stereocenters. The second-order valence-corrected chi connectivity index (χ2v) is 6.94. The summed E-state index contributed by atoms with van der Waals surface area (Å²) in [5.74, 6) is 0. The number of anilines is 4. The molecule has 4 heteroatoms. The predicted octanol–water partition coefficient (Wildman–Crippen LogP) is 6.22. The van der Waals surface area contributed by atoms with E-state index in [-0.39, 0.29) is 0 Å². The van der Waals surface area contributed by atoms with Gasteiger partial charge in [-0.25, -0.2) is 0 Å². The first-order valence-corrected chi connectivity index (χ1v) is 11.5. The number of nitrogens with zero attached hydrogens (tertiary/aromatic N) is 4. The van der Waals surface area contributed by atoms with E-state index in [1.165, 1.54) is 22.7 Å². The van der Waals surface area contributed by atoms with Crippen LogP contribution in [-0.2, 0) is 0 Å². The Hall–Kier alpha value is -2.36. The van der Waals surface area contributed by atoms with Crippen LogP contribution < -0.4 is 19.6 Å². The van der Waals surface area contributed by atoms with E-state index in [4.69, 9.17) is 0 Å². The molecule has 0 saturated heterocycles. The van der Waals surface area contributed by atoms with Crippen molar-refractivity contribution in [3.05, 3.63) is 48.5 Å². The topological polar surface area (TPSA) is 13.0 Å². The molecule has 0 aromatic heterocycles. The van der Waals surface area contributed by atoms with E-state index in [0.717, 1.165) is 26.2 Å². The highest BCUT2D eigenvalue weighted by atomic mass is 15.2. The Labute approximate surface area is 187 Å². The minimum absolute atomic E-state index is 0.992. The first kappa shape index (κ1) is 27.6. The SMILES string of the molecule is CC.CC.CCN(C)c1ccc(N(C)CCN(CC)c2ccc(N(C)C)cc2)cc1. The van der Waals surface area contributed by atoms with Gasteiger partial charge in [0.25, 0.3) is 0 Å². The molecule has 0 N–H and O–H groups in total. The average molecular weight is 415 g/mol. The molecule has 0 fully saturated rings. The summed E-state index contributed by atoms with van der Waals surface area (Å²) in [5, 5.41) is 0. The second kappa shape index (κ2) is 15.5. The van der Waals surface area contributed by atoms with Gasteiger partial charge >= 0.3 is 0 Å². The zero-order valence-corrected chi connectivity index (χ0v) is 21.2. The largest absolute Gasteiger partial charge is 0.378 e. The summed E-state index contributed by atoms with van der Waals surface area (Å²) in [6.07, 6.45) is 0. The van der Waals surface area contributed by atoms with Crippen molar-refractivity contribution in [1.82, 2.24) is 0 Å². The average Bonchev–Trinajstić information content (AvgIpc) is 2.81. The number of likely N-dealkylation sites (N-methyl/N-ethyl adjacent to an activating group) is 2. The quantitative estimate of drug-likeness (QED) is 0.482. The van der Waals surface area contributed by atoms with Crippen molar-refractivity contribution in [2.24, 2.45) is 0 Å². The summed E-state index contributed by atoms with van der Waals surface area (Å²) in [5.41, 5.74) is 5.04. The van der Waals surface area contributed by atoms with E-state index in [1.54, 1.807) is 0 Å². The lowest BCUT2D eigenvalue weighted by Gasteiger charge is -2.28. The molecule has 0 unspecified atom stereocenters. The van der Waals surface area contributed by atoms with Gasteiger partial charge in [-0.05, 0) is 62.4 Å². The van der Waals surface area contributed by atoms with Gasteiger partial charge in [0.1, 0.15) is 0 Å². The molecular weight excluding hydrogens is 368 g/mol. The van der Waals surface area contributed by atoms with Gasteiger partial charge in [-0.1, -0.05) is 27.7 Å². The minimum atomic E-state index is 0.992. The van der Waals surface area contributed by atoms with Gasteiger partial charge in [-0.2, -0.15) is 0 Å². The fourth-order valence-corrected chi connectivity index (χ4v) is 2.98. The maximum atomic E-state index is 2.43. The van der Waals surface area contributed by atoms with Gasteiger partial charge < -0.3 is 19.6 Å². The van der Waals surface area contributed by atoms with Crippen molar-refractivity contribution in [2.75, 3.05) is 74.0 Å². The maximum Gasteiger partial charge on any atom is 0.0368 e. The molecule has 2 aromatic carbocycles. The van der Waals surface area contributed by atoms with Gasteiger partial charge in [0, 0.05) is 77.1 Å². The minimum Gasteiger partial charge on any atom is -0.378 e. The number of rotatable bonds is 9. The van der Waals surface area contributed by atoms with Crippen molar-refractivity contribution in [2.45, 2.75) is 41.5 Å². The molecule has 4 nitrogen and oxygen atoms in total. The highest BCUT2D eigenvalue weighted by Crippen LogP contribution is 2.21. The summed E-state index contributed by atoms with van der Waals surface area (Å²) >= 11 is 0. The third kappa shape index (κ3) is 8.56. The fourth-order valence-electron chi connectivity index (χ4n) is 2.98. The van der Waals surface area contributed by atoms with Crippen LogP contribution in [0.5, 0.6) is 0 Å². The Bertz CT molecular complexity index is 650. The van der Waals surface area contributed by atoms with E-state index in [9.17, 15) is 0 Å². The summed E-state index contributed by atoms with van der Waals surface area (Å²) in [7, 11) is 8.44. The zero-order chi connectivity index (χ0) is 23.1. The standard InChI is InChI=1S/C22H34N4.2C2H6/c1-7-24(5)20-11-13-21(14-12-20)25(6)17-18-26(8-2)22-15-9-19(10-16-22)23(3)4;2*1-2/h9-16H,7-8,17-18H2,1-6H3;2*1-2H3. The molecule has 0 amide bonds. The van der Waals surface area contributed by atoms with Gasteiger partial charge in [0.2, 0.25) is 0 Å². The predicted molar refractivity (Wildman–Crippen MR) is 140 cm³/mol. The molecular formula is C26H46N4. The van der Waals surface area contributed by atoms with Crippen molar-refractivity contribution in [3.8, 4) is 0 Å². The third-order valence-corrected chi connectivity index (χ3v) is 5.02. The van der Waals surface area contributed by atoms with Crippen LogP contribution in [-0.4, -0.2) is 54.4 Å². The van der Waals surface area contributed by atoms with Crippen molar-refractivity contribution < 1.29 is 0 Å². The Balaban J connectivity index is 0.00000198. The van der Waals surface area contributed by atoms with Crippen LogP contribution >= 0.6 is 0 Å². The lowest BCUT2D eigenvalue weighted by molar-refractivity contribution is 0.785. The van der Waals surface area contributed by atoms with Gasteiger partial charge in [-0.15, -0.1) is 0 Å².